The average molecular weight is 325 g/mol. The summed E-state index contributed by atoms with van der Waals surface area (Å²) in [6, 6.07) is 10.1. The molecule has 1 aromatic heterocycles. The number of nitrogens with zero attached hydrogens (tertiary/aromatic N) is 2. The Morgan fingerprint density at radius 2 is 2.00 bits per heavy atom. The van der Waals surface area contributed by atoms with Gasteiger partial charge in [-0.15, -0.1) is 0 Å². The normalized spacial score (nSPS) is 16.2. The molecule has 0 amide bonds. The third-order valence-electron chi connectivity index (χ3n) is 4.87. The molecule has 0 saturated carbocycles. The fraction of sp³-hybridized carbons (Fsp3) is 0.450. The maximum absolute atomic E-state index is 6.35. The summed E-state index contributed by atoms with van der Waals surface area (Å²) in [5, 5.41) is 0. The number of fused-ring (bicyclic) bond motifs is 2. The molecule has 1 atom stereocenters. The minimum atomic E-state index is -0.0253. The van der Waals surface area contributed by atoms with Gasteiger partial charge in [-0.2, -0.15) is 0 Å². The van der Waals surface area contributed by atoms with Crippen LogP contribution in [0.1, 0.15) is 49.6 Å². The number of hydrogen-bond acceptors (Lipinski definition) is 4. The molecule has 4 nitrogen and oxygen atoms in total. The summed E-state index contributed by atoms with van der Waals surface area (Å²) in [4.78, 5) is 7.07. The van der Waals surface area contributed by atoms with E-state index in [9.17, 15) is 0 Å². The van der Waals surface area contributed by atoms with Gasteiger partial charge >= 0.3 is 0 Å². The van der Waals surface area contributed by atoms with Crippen molar-refractivity contribution in [1.82, 2.24) is 9.88 Å². The summed E-state index contributed by atoms with van der Waals surface area (Å²) in [7, 11) is 0. The molecule has 128 valence electrons. The number of rotatable bonds is 6. The summed E-state index contributed by atoms with van der Waals surface area (Å²) >= 11 is 0. The zero-order valence-corrected chi connectivity index (χ0v) is 14.7. The largest absolute Gasteiger partial charge is 0.484 e. The standard InChI is InChI=1S/C20H27N3O/c1-3-23(4-2)13-7-10-19-20-16(17(21)11-12-22-20)14-15-8-5-6-9-18(15)24-19/h5-6,8-9,11-12,19H,3-4,7,10,13-14H2,1-2H3,(H2,21,22). The maximum atomic E-state index is 6.35. The van der Waals surface area contributed by atoms with E-state index in [1.807, 2.05) is 12.1 Å². The van der Waals surface area contributed by atoms with E-state index >= 15 is 0 Å². The highest BCUT2D eigenvalue weighted by molar-refractivity contribution is 5.54. The fourth-order valence-electron chi connectivity index (χ4n) is 3.39. The van der Waals surface area contributed by atoms with Gasteiger partial charge in [-0.3, -0.25) is 4.98 Å². The van der Waals surface area contributed by atoms with Crippen LogP contribution < -0.4 is 10.5 Å². The van der Waals surface area contributed by atoms with Gasteiger partial charge < -0.3 is 15.4 Å². The Morgan fingerprint density at radius 1 is 1.21 bits per heavy atom. The third kappa shape index (κ3) is 3.54. The van der Waals surface area contributed by atoms with Crippen LogP contribution in [0.15, 0.2) is 36.5 Å². The van der Waals surface area contributed by atoms with E-state index < -0.39 is 0 Å². The van der Waals surface area contributed by atoms with Gasteiger partial charge in [0.1, 0.15) is 11.9 Å². The summed E-state index contributed by atoms with van der Waals surface area (Å²) in [5.41, 5.74) is 10.4. The predicted octanol–water partition coefficient (Wildman–Crippen LogP) is 3.81. The zero-order chi connectivity index (χ0) is 16.9. The van der Waals surface area contributed by atoms with Crippen molar-refractivity contribution in [2.45, 2.75) is 39.2 Å². The lowest BCUT2D eigenvalue weighted by Gasteiger charge is -2.22. The Hall–Kier alpha value is -2.07. The van der Waals surface area contributed by atoms with Gasteiger partial charge in [0.2, 0.25) is 0 Å². The molecule has 0 radical (unpaired) electrons. The maximum Gasteiger partial charge on any atom is 0.141 e. The Balaban J connectivity index is 1.84. The Morgan fingerprint density at radius 3 is 2.79 bits per heavy atom. The summed E-state index contributed by atoms with van der Waals surface area (Å²) in [6.07, 6.45) is 4.60. The molecular formula is C20H27N3O. The van der Waals surface area contributed by atoms with Gasteiger partial charge in [-0.05, 0) is 50.2 Å². The topological polar surface area (TPSA) is 51.4 Å². The van der Waals surface area contributed by atoms with Crippen LogP contribution in [-0.2, 0) is 6.42 Å². The number of aromatic nitrogens is 1. The minimum absolute atomic E-state index is 0.0253. The lowest BCUT2D eigenvalue weighted by atomic mass is 9.99. The van der Waals surface area contributed by atoms with Crippen LogP contribution in [-0.4, -0.2) is 29.5 Å². The number of nitrogens with two attached hydrogens (primary N) is 1. The molecule has 0 aliphatic carbocycles. The van der Waals surface area contributed by atoms with E-state index in [0.29, 0.717) is 0 Å². The molecule has 2 N–H and O–H groups in total. The number of pyridine rings is 1. The molecule has 1 aromatic carbocycles. The van der Waals surface area contributed by atoms with Crippen molar-refractivity contribution >= 4 is 5.69 Å². The van der Waals surface area contributed by atoms with E-state index in [0.717, 1.165) is 61.6 Å². The molecule has 24 heavy (non-hydrogen) atoms. The molecule has 0 saturated heterocycles. The third-order valence-corrected chi connectivity index (χ3v) is 4.87. The number of hydrogen-bond donors (Lipinski definition) is 1. The van der Waals surface area contributed by atoms with Crippen LogP contribution in [0.4, 0.5) is 5.69 Å². The quantitative estimate of drug-likeness (QED) is 0.877. The lowest BCUT2D eigenvalue weighted by molar-refractivity contribution is 0.178. The van der Waals surface area contributed by atoms with E-state index in [4.69, 9.17) is 10.5 Å². The first-order valence-electron chi connectivity index (χ1n) is 8.93. The second kappa shape index (κ2) is 7.67. The van der Waals surface area contributed by atoms with E-state index in [-0.39, 0.29) is 6.10 Å². The first-order valence-corrected chi connectivity index (χ1v) is 8.93. The highest BCUT2D eigenvalue weighted by atomic mass is 16.5. The smallest absolute Gasteiger partial charge is 0.141 e. The van der Waals surface area contributed by atoms with Crippen molar-refractivity contribution in [3.05, 3.63) is 53.3 Å². The number of benzene rings is 1. The molecule has 1 unspecified atom stereocenters. The fourth-order valence-corrected chi connectivity index (χ4v) is 3.39. The number of ether oxygens (including phenoxy) is 1. The molecule has 1 aliphatic rings. The molecule has 4 heteroatoms. The van der Waals surface area contributed by atoms with E-state index in [2.05, 4.69) is 41.9 Å². The van der Waals surface area contributed by atoms with Crippen molar-refractivity contribution in [2.24, 2.45) is 0 Å². The highest BCUT2D eigenvalue weighted by Gasteiger charge is 2.25. The molecular weight excluding hydrogens is 298 g/mol. The Bertz CT molecular complexity index is 682. The summed E-state index contributed by atoms with van der Waals surface area (Å²) in [5.74, 6) is 0.961. The Labute approximate surface area is 144 Å². The van der Waals surface area contributed by atoms with Gasteiger partial charge in [0.05, 0.1) is 5.69 Å². The Kier molecular flexibility index (Phi) is 5.36. The number of para-hydroxylation sites is 1. The van der Waals surface area contributed by atoms with Crippen LogP contribution in [0.2, 0.25) is 0 Å². The van der Waals surface area contributed by atoms with Crippen molar-refractivity contribution in [3.63, 3.8) is 0 Å². The molecule has 0 bridgehead atoms. The monoisotopic (exact) mass is 325 g/mol. The zero-order valence-electron chi connectivity index (χ0n) is 14.7. The molecule has 2 heterocycles. The van der Waals surface area contributed by atoms with Crippen LogP contribution >= 0.6 is 0 Å². The average Bonchev–Trinajstić information content (AvgIpc) is 2.76. The van der Waals surface area contributed by atoms with E-state index in [1.54, 1.807) is 6.20 Å². The van der Waals surface area contributed by atoms with Crippen LogP contribution in [0, 0.1) is 0 Å². The second-order valence-corrected chi connectivity index (χ2v) is 6.32. The van der Waals surface area contributed by atoms with Crippen LogP contribution in [0.3, 0.4) is 0 Å². The number of nitrogen functional groups attached to an aromatic ring is 1. The van der Waals surface area contributed by atoms with Crippen molar-refractivity contribution in [3.8, 4) is 5.75 Å². The molecule has 2 aromatic rings. The van der Waals surface area contributed by atoms with Crippen molar-refractivity contribution < 1.29 is 4.74 Å². The van der Waals surface area contributed by atoms with Gasteiger partial charge in [0, 0.05) is 23.9 Å². The van der Waals surface area contributed by atoms with Crippen LogP contribution in [0.25, 0.3) is 0 Å². The second-order valence-electron chi connectivity index (χ2n) is 6.32. The van der Waals surface area contributed by atoms with Crippen LogP contribution in [0.5, 0.6) is 5.75 Å². The summed E-state index contributed by atoms with van der Waals surface area (Å²) < 4.78 is 6.35. The lowest BCUT2D eigenvalue weighted by Crippen LogP contribution is -2.24. The van der Waals surface area contributed by atoms with Crippen molar-refractivity contribution in [2.75, 3.05) is 25.4 Å². The van der Waals surface area contributed by atoms with Gasteiger partial charge in [-0.25, -0.2) is 0 Å². The molecule has 0 fully saturated rings. The van der Waals surface area contributed by atoms with Gasteiger partial charge in [0.15, 0.2) is 0 Å². The number of anilines is 1. The molecule has 3 rings (SSSR count). The first kappa shape index (κ1) is 16.8. The summed E-state index contributed by atoms with van der Waals surface area (Å²) in [6.45, 7) is 7.68. The SMILES string of the molecule is CCN(CC)CCCC1Oc2ccccc2Cc2c(N)ccnc21. The van der Waals surface area contributed by atoms with Gasteiger partial charge in [-0.1, -0.05) is 32.0 Å². The highest BCUT2D eigenvalue weighted by Crippen LogP contribution is 2.37. The molecule has 0 spiro atoms. The van der Waals surface area contributed by atoms with Gasteiger partial charge in [0.25, 0.3) is 0 Å². The minimum Gasteiger partial charge on any atom is -0.484 e. The first-order chi connectivity index (χ1) is 11.7. The van der Waals surface area contributed by atoms with E-state index in [1.165, 1.54) is 5.56 Å². The van der Waals surface area contributed by atoms with Crippen molar-refractivity contribution in [1.29, 1.82) is 0 Å². The predicted molar refractivity (Wildman–Crippen MR) is 98.3 cm³/mol. The molecule has 1 aliphatic heterocycles.